The molecule has 2 rings (SSSR count). The Morgan fingerprint density at radius 2 is 2.05 bits per heavy atom. The van der Waals surface area contributed by atoms with Gasteiger partial charge in [0.15, 0.2) is 0 Å². The van der Waals surface area contributed by atoms with Crippen molar-refractivity contribution in [3.8, 4) is 0 Å². The van der Waals surface area contributed by atoms with Gasteiger partial charge in [-0.25, -0.2) is 8.42 Å². The van der Waals surface area contributed by atoms with Gasteiger partial charge in [0.1, 0.15) is 0 Å². The Kier molecular flexibility index (Phi) is 4.45. The van der Waals surface area contributed by atoms with E-state index in [2.05, 4.69) is 15.9 Å². The van der Waals surface area contributed by atoms with E-state index in [4.69, 9.17) is 0 Å². The zero-order valence-electron chi connectivity index (χ0n) is 10.6. The minimum Gasteiger partial charge on any atom is -0.207 e. The van der Waals surface area contributed by atoms with E-state index < -0.39 is 10.0 Å². The predicted molar refractivity (Wildman–Crippen MR) is 81.9 cm³/mol. The van der Waals surface area contributed by atoms with E-state index in [0.29, 0.717) is 11.4 Å². The fourth-order valence-electron chi connectivity index (χ4n) is 1.73. The molecule has 0 unspecified atom stereocenters. The molecule has 1 heterocycles. The molecule has 1 aromatic carbocycles. The van der Waals surface area contributed by atoms with Crippen LogP contribution in [0.4, 0.5) is 0 Å². The van der Waals surface area contributed by atoms with Gasteiger partial charge >= 0.3 is 0 Å². The molecule has 0 N–H and O–H groups in total. The van der Waals surface area contributed by atoms with E-state index in [1.54, 1.807) is 36.6 Å². The van der Waals surface area contributed by atoms with Gasteiger partial charge in [-0.05, 0) is 57.6 Å². The van der Waals surface area contributed by atoms with E-state index in [9.17, 15) is 8.42 Å². The van der Waals surface area contributed by atoms with Gasteiger partial charge < -0.3 is 0 Å². The predicted octanol–water partition coefficient (Wildman–Crippen LogP) is 3.64. The van der Waals surface area contributed by atoms with E-state index in [-0.39, 0.29) is 0 Å². The Balaban J connectivity index is 2.24. The minimum atomic E-state index is -3.43. The molecule has 0 saturated heterocycles. The van der Waals surface area contributed by atoms with Crippen LogP contribution in [0, 0.1) is 6.92 Å². The number of rotatable bonds is 4. The summed E-state index contributed by atoms with van der Waals surface area (Å²) in [6, 6.07) is 8.90. The number of halogens is 1. The van der Waals surface area contributed by atoms with Gasteiger partial charge in [0.2, 0.25) is 10.0 Å². The molecule has 0 atom stereocenters. The molecule has 0 aliphatic rings. The summed E-state index contributed by atoms with van der Waals surface area (Å²) in [5.41, 5.74) is 1.92. The van der Waals surface area contributed by atoms with Crippen LogP contribution in [0.1, 0.15) is 11.1 Å². The maximum absolute atomic E-state index is 12.4. The standard InChI is InChI=1S/C13H14BrNO2S2/c1-10-4-3-5-12(6-10)19(16,17)15(2)8-11-7-13(14)18-9-11/h3-7,9H,8H2,1-2H3. The first kappa shape index (κ1) is 14.7. The highest BCUT2D eigenvalue weighted by atomic mass is 79.9. The second-order valence-electron chi connectivity index (χ2n) is 4.34. The monoisotopic (exact) mass is 359 g/mol. The number of hydrogen-bond acceptors (Lipinski definition) is 3. The Bertz CT molecular complexity index is 679. The van der Waals surface area contributed by atoms with Crippen molar-refractivity contribution in [2.24, 2.45) is 0 Å². The molecule has 0 bridgehead atoms. The third-order valence-electron chi connectivity index (χ3n) is 2.72. The number of benzene rings is 1. The van der Waals surface area contributed by atoms with Gasteiger partial charge in [-0.15, -0.1) is 11.3 Å². The van der Waals surface area contributed by atoms with Crippen LogP contribution in [0.2, 0.25) is 0 Å². The molecule has 19 heavy (non-hydrogen) atoms. The summed E-state index contributed by atoms with van der Waals surface area (Å²) >= 11 is 4.93. The van der Waals surface area contributed by atoms with Crippen LogP contribution < -0.4 is 0 Å². The van der Waals surface area contributed by atoms with Crippen molar-refractivity contribution in [2.45, 2.75) is 18.4 Å². The molecule has 3 nitrogen and oxygen atoms in total. The average molecular weight is 360 g/mol. The first-order valence-electron chi connectivity index (χ1n) is 5.65. The van der Waals surface area contributed by atoms with Gasteiger partial charge in [0.05, 0.1) is 8.68 Å². The number of thiophene rings is 1. The SMILES string of the molecule is Cc1cccc(S(=O)(=O)N(C)Cc2csc(Br)c2)c1. The van der Waals surface area contributed by atoms with Crippen molar-refractivity contribution in [2.75, 3.05) is 7.05 Å². The molecule has 0 aliphatic carbocycles. The van der Waals surface area contributed by atoms with Gasteiger partial charge in [-0.3, -0.25) is 0 Å². The number of nitrogens with zero attached hydrogens (tertiary/aromatic N) is 1. The molecular formula is C13H14BrNO2S2. The Morgan fingerprint density at radius 1 is 1.32 bits per heavy atom. The zero-order valence-corrected chi connectivity index (χ0v) is 13.8. The number of sulfonamides is 1. The first-order valence-corrected chi connectivity index (χ1v) is 8.77. The summed E-state index contributed by atoms with van der Waals surface area (Å²) in [5.74, 6) is 0. The normalized spacial score (nSPS) is 12.0. The fourth-order valence-corrected chi connectivity index (χ4v) is 4.19. The van der Waals surface area contributed by atoms with Crippen molar-refractivity contribution < 1.29 is 8.42 Å². The molecule has 0 amide bonds. The zero-order chi connectivity index (χ0) is 14.0. The van der Waals surface area contributed by atoms with Crippen LogP contribution in [0.15, 0.2) is 44.4 Å². The highest BCUT2D eigenvalue weighted by Crippen LogP contribution is 2.23. The molecule has 0 aliphatic heterocycles. The van der Waals surface area contributed by atoms with Crippen LogP contribution in [0.25, 0.3) is 0 Å². The maximum Gasteiger partial charge on any atom is 0.243 e. The summed E-state index contributed by atoms with van der Waals surface area (Å²) in [5, 5.41) is 1.95. The van der Waals surface area contributed by atoms with E-state index >= 15 is 0 Å². The first-order chi connectivity index (χ1) is 8.89. The largest absolute Gasteiger partial charge is 0.243 e. The van der Waals surface area contributed by atoms with Gasteiger partial charge in [-0.2, -0.15) is 4.31 Å². The van der Waals surface area contributed by atoms with E-state index in [0.717, 1.165) is 14.9 Å². The fraction of sp³-hybridized carbons (Fsp3) is 0.231. The van der Waals surface area contributed by atoms with Crippen LogP contribution in [0.5, 0.6) is 0 Å². The third kappa shape index (κ3) is 3.45. The summed E-state index contributed by atoms with van der Waals surface area (Å²) in [6.07, 6.45) is 0. The Hall–Kier alpha value is -0.690. The van der Waals surface area contributed by atoms with Gasteiger partial charge in [0, 0.05) is 13.6 Å². The van der Waals surface area contributed by atoms with Gasteiger partial charge in [-0.1, -0.05) is 12.1 Å². The number of aryl methyl sites for hydroxylation is 1. The molecule has 102 valence electrons. The molecule has 1 aromatic heterocycles. The van der Waals surface area contributed by atoms with Crippen LogP contribution in [-0.2, 0) is 16.6 Å². The molecular weight excluding hydrogens is 346 g/mol. The Morgan fingerprint density at radius 3 is 2.63 bits per heavy atom. The lowest BCUT2D eigenvalue weighted by Crippen LogP contribution is -2.26. The molecule has 0 radical (unpaired) electrons. The smallest absolute Gasteiger partial charge is 0.207 e. The summed E-state index contributed by atoms with van der Waals surface area (Å²) in [4.78, 5) is 0.337. The second kappa shape index (κ2) is 5.75. The third-order valence-corrected chi connectivity index (χ3v) is 6.08. The summed E-state index contributed by atoms with van der Waals surface area (Å²) in [6.45, 7) is 2.26. The molecule has 0 saturated carbocycles. The lowest BCUT2D eigenvalue weighted by Gasteiger charge is -2.16. The molecule has 0 spiro atoms. The highest BCUT2D eigenvalue weighted by molar-refractivity contribution is 9.11. The highest BCUT2D eigenvalue weighted by Gasteiger charge is 2.21. The van der Waals surface area contributed by atoms with Crippen molar-refractivity contribution >= 4 is 37.3 Å². The van der Waals surface area contributed by atoms with Crippen molar-refractivity contribution in [1.82, 2.24) is 4.31 Å². The quantitative estimate of drug-likeness (QED) is 0.835. The molecule has 0 fully saturated rings. The maximum atomic E-state index is 12.4. The van der Waals surface area contributed by atoms with Crippen LogP contribution in [-0.4, -0.2) is 19.8 Å². The van der Waals surface area contributed by atoms with E-state index in [1.165, 1.54) is 4.31 Å². The average Bonchev–Trinajstić information content (AvgIpc) is 2.74. The van der Waals surface area contributed by atoms with E-state index in [1.807, 2.05) is 24.4 Å². The van der Waals surface area contributed by atoms with Gasteiger partial charge in [0.25, 0.3) is 0 Å². The number of hydrogen-bond donors (Lipinski definition) is 0. The van der Waals surface area contributed by atoms with Crippen LogP contribution >= 0.6 is 27.3 Å². The Labute approximate surface area is 126 Å². The molecule has 6 heteroatoms. The minimum absolute atomic E-state index is 0.337. The molecule has 2 aromatic rings. The summed E-state index contributed by atoms with van der Waals surface area (Å²) in [7, 11) is -1.83. The lowest BCUT2D eigenvalue weighted by atomic mass is 10.2. The second-order valence-corrected chi connectivity index (χ2v) is 8.67. The van der Waals surface area contributed by atoms with Crippen molar-refractivity contribution in [3.63, 3.8) is 0 Å². The van der Waals surface area contributed by atoms with Crippen molar-refractivity contribution in [3.05, 3.63) is 50.6 Å². The van der Waals surface area contributed by atoms with Crippen molar-refractivity contribution in [1.29, 1.82) is 0 Å². The van der Waals surface area contributed by atoms with Crippen LogP contribution in [0.3, 0.4) is 0 Å². The summed E-state index contributed by atoms with van der Waals surface area (Å²) < 4.78 is 27.2. The topological polar surface area (TPSA) is 37.4 Å². The lowest BCUT2D eigenvalue weighted by molar-refractivity contribution is 0.467.